The molecule has 1 aromatic rings. The minimum atomic E-state index is 0.147. The molecule has 1 aliphatic rings. The largest absolute Gasteiger partial charge is 0.385 e. The monoisotopic (exact) mass is 233 g/mol. The van der Waals surface area contributed by atoms with Crippen LogP contribution < -0.4 is 0 Å². The molecule has 3 nitrogen and oxygen atoms in total. The number of carbonyl (C=O) groups is 1. The summed E-state index contributed by atoms with van der Waals surface area (Å²) in [6, 6.07) is 10.5. The smallest absolute Gasteiger partial charge is 0.228 e. The van der Waals surface area contributed by atoms with Gasteiger partial charge in [0.15, 0.2) is 0 Å². The molecule has 1 aromatic carbocycles. The van der Waals surface area contributed by atoms with Crippen molar-refractivity contribution < 1.29 is 9.53 Å². The zero-order valence-corrected chi connectivity index (χ0v) is 10.4. The molecule has 0 N–H and O–H groups in total. The molecule has 2 atom stereocenters. The summed E-state index contributed by atoms with van der Waals surface area (Å²) in [4.78, 5) is 13.8. The Morgan fingerprint density at radius 1 is 1.29 bits per heavy atom. The molecule has 92 valence electrons. The van der Waals surface area contributed by atoms with E-state index in [0.29, 0.717) is 12.6 Å². The Labute approximate surface area is 102 Å². The molecule has 1 fully saturated rings. The highest BCUT2D eigenvalue weighted by atomic mass is 16.5. The van der Waals surface area contributed by atoms with E-state index in [4.69, 9.17) is 4.74 Å². The topological polar surface area (TPSA) is 29.5 Å². The third-order valence-electron chi connectivity index (χ3n) is 3.46. The van der Waals surface area contributed by atoms with Crippen molar-refractivity contribution in [1.29, 1.82) is 0 Å². The van der Waals surface area contributed by atoms with Gasteiger partial charge in [0, 0.05) is 26.3 Å². The molecule has 17 heavy (non-hydrogen) atoms. The molecule has 3 heteroatoms. The second kappa shape index (κ2) is 5.32. The number of ether oxygens (including phenoxy) is 1. The third kappa shape index (κ3) is 2.50. The predicted octanol–water partition coefficient (Wildman–Crippen LogP) is 2.07. The first-order valence-corrected chi connectivity index (χ1v) is 6.07. The highest BCUT2D eigenvalue weighted by Gasteiger charge is 2.43. The highest BCUT2D eigenvalue weighted by Crippen LogP contribution is 2.30. The Bertz CT molecular complexity index is 377. The summed E-state index contributed by atoms with van der Waals surface area (Å²) in [5.41, 5.74) is 1.19. The van der Waals surface area contributed by atoms with Crippen LogP contribution in [0.5, 0.6) is 0 Å². The quantitative estimate of drug-likeness (QED) is 0.729. The van der Waals surface area contributed by atoms with E-state index in [1.165, 1.54) is 5.56 Å². The summed E-state index contributed by atoms with van der Waals surface area (Å²) in [6.07, 6.45) is 0.927. The van der Waals surface area contributed by atoms with Gasteiger partial charge >= 0.3 is 0 Å². The SMILES string of the molecule is COCC[C@@H]1[C@@H](C)C(=O)N1Cc1ccccc1. The molecule has 0 bridgehead atoms. The Hall–Kier alpha value is -1.35. The first kappa shape index (κ1) is 12.1. The molecule has 0 spiro atoms. The van der Waals surface area contributed by atoms with Crippen LogP contribution in [0.15, 0.2) is 30.3 Å². The standard InChI is InChI=1S/C14H19NO2/c1-11-13(8-9-17-2)15(14(11)16)10-12-6-4-3-5-7-12/h3-7,11,13H,8-10H2,1-2H3/t11-,13-/m1/s1. The molecule has 0 aromatic heterocycles. The van der Waals surface area contributed by atoms with Gasteiger partial charge in [-0.05, 0) is 12.0 Å². The fraction of sp³-hybridized carbons (Fsp3) is 0.500. The van der Waals surface area contributed by atoms with E-state index in [9.17, 15) is 4.79 Å². The lowest BCUT2D eigenvalue weighted by molar-refractivity contribution is -0.157. The predicted molar refractivity (Wildman–Crippen MR) is 66.4 cm³/mol. The third-order valence-corrected chi connectivity index (χ3v) is 3.46. The molecule has 1 saturated heterocycles. The van der Waals surface area contributed by atoms with Crippen LogP contribution in [0.3, 0.4) is 0 Å². The minimum absolute atomic E-state index is 0.147. The van der Waals surface area contributed by atoms with E-state index in [1.54, 1.807) is 7.11 Å². The molecular formula is C14H19NO2. The lowest BCUT2D eigenvalue weighted by Crippen LogP contribution is -2.59. The van der Waals surface area contributed by atoms with Crippen molar-refractivity contribution in [2.75, 3.05) is 13.7 Å². The summed E-state index contributed by atoms with van der Waals surface area (Å²) in [7, 11) is 1.70. The average molecular weight is 233 g/mol. The number of hydrogen-bond acceptors (Lipinski definition) is 2. The maximum Gasteiger partial charge on any atom is 0.228 e. The van der Waals surface area contributed by atoms with E-state index in [-0.39, 0.29) is 11.8 Å². The summed E-state index contributed by atoms with van der Waals surface area (Å²) in [5, 5.41) is 0. The number of β-lactam (4-membered cyclic amide) rings is 1. The average Bonchev–Trinajstić information content (AvgIpc) is 2.38. The van der Waals surface area contributed by atoms with E-state index >= 15 is 0 Å². The van der Waals surface area contributed by atoms with Gasteiger partial charge in [-0.3, -0.25) is 4.79 Å². The lowest BCUT2D eigenvalue weighted by atomic mass is 9.86. The fourth-order valence-electron chi connectivity index (χ4n) is 2.40. The van der Waals surface area contributed by atoms with Gasteiger partial charge in [-0.1, -0.05) is 37.3 Å². The molecule has 1 aliphatic heterocycles. The number of benzene rings is 1. The van der Waals surface area contributed by atoms with Gasteiger partial charge in [-0.2, -0.15) is 0 Å². The summed E-state index contributed by atoms with van der Waals surface area (Å²) in [5.74, 6) is 0.406. The highest BCUT2D eigenvalue weighted by molar-refractivity contribution is 5.85. The van der Waals surface area contributed by atoms with Crippen LogP contribution in [0, 0.1) is 5.92 Å². The zero-order valence-electron chi connectivity index (χ0n) is 10.4. The van der Waals surface area contributed by atoms with Crippen molar-refractivity contribution in [3.8, 4) is 0 Å². The van der Waals surface area contributed by atoms with Gasteiger partial charge in [0.2, 0.25) is 5.91 Å². The number of hydrogen-bond donors (Lipinski definition) is 0. The van der Waals surface area contributed by atoms with E-state index in [1.807, 2.05) is 30.0 Å². The number of rotatable bonds is 5. The van der Waals surface area contributed by atoms with Crippen molar-refractivity contribution in [2.45, 2.75) is 25.9 Å². The second-order valence-electron chi connectivity index (χ2n) is 4.59. The van der Waals surface area contributed by atoms with Gasteiger partial charge in [-0.15, -0.1) is 0 Å². The maximum absolute atomic E-state index is 11.8. The van der Waals surface area contributed by atoms with Crippen LogP contribution in [-0.4, -0.2) is 30.6 Å². The minimum Gasteiger partial charge on any atom is -0.385 e. The molecule has 0 aliphatic carbocycles. The van der Waals surface area contributed by atoms with Crippen molar-refractivity contribution in [3.63, 3.8) is 0 Å². The number of methoxy groups -OCH3 is 1. The summed E-state index contributed by atoms with van der Waals surface area (Å²) in [6.45, 7) is 3.44. The van der Waals surface area contributed by atoms with Crippen molar-refractivity contribution in [3.05, 3.63) is 35.9 Å². The zero-order chi connectivity index (χ0) is 12.3. The maximum atomic E-state index is 11.8. The van der Waals surface area contributed by atoms with Gasteiger partial charge in [0.05, 0.1) is 5.92 Å². The van der Waals surface area contributed by atoms with Crippen molar-refractivity contribution in [1.82, 2.24) is 4.90 Å². The van der Waals surface area contributed by atoms with E-state index in [0.717, 1.165) is 13.0 Å². The number of likely N-dealkylation sites (tertiary alicyclic amines) is 1. The Kier molecular flexibility index (Phi) is 3.79. The van der Waals surface area contributed by atoms with Crippen LogP contribution in [0.1, 0.15) is 18.9 Å². The number of amides is 1. The molecule has 1 amide bonds. The van der Waals surface area contributed by atoms with Gasteiger partial charge < -0.3 is 9.64 Å². The van der Waals surface area contributed by atoms with Crippen LogP contribution in [0.25, 0.3) is 0 Å². The Balaban J connectivity index is 1.97. The van der Waals surface area contributed by atoms with Crippen LogP contribution in [0.4, 0.5) is 0 Å². The molecule has 0 unspecified atom stereocenters. The van der Waals surface area contributed by atoms with E-state index in [2.05, 4.69) is 12.1 Å². The molecule has 2 rings (SSSR count). The molecular weight excluding hydrogens is 214 g/mol. The summed E-state index contributed by atoms with van der Waals surface area (Å²) < 4.78 is 5.09. The number of carbonyl (C=O) groups excluding carboxylic acids is 1. The Morgan fingerprint density at radius 2 is 2.00 bits per heavy atom. The second-order valence-corrected chi connectivity index (χ2v) is 4.59. The molecule has 0 saturated carbocycles. The first-order chi connectivity index (χ1) is 8.24. The van der Waals surface area contributed by atoms with Gasteiger partial charge in [0.25, 0.3) is 0 Å². The van der Waals surface area contributed by atoms with Gasteiger partial charge in [-0.25, -0.2) is 0 Å². The summed E-state index contributed by atoms with van der Waals surface area (Å²) >= 11 is 0. The fourth-order valence-corrected chi connectivity index (χ4v) is 2.40. The van der Waals surface area contributed by atoms with Crippen molar-refractivity contribution in [2.24, 2.45) is 5.92 Å². The van der Waals surface area contributed by atoms with Crippen LogP contribution in [0.2, 0.25) is 0 Å². The van der Waals surface area contributed by atoms with Crippen LogP contribution >= 0.6 is 0 Å². The Morgan fingerprint density at radius 3 is 2.65 bits per heavy atom. The van der Waals surface area contributed by atoms with Gasteiger partial charge in [0.1, 0.15) is 0 Å². The molecule has 1 heterocycles. The van der Waals surface area contributed by atoms with E-state index < -0.39 is 0 Å². The van der Waals surface area contributed by atoms with Crippen LogP contribution in [-0.2, 0) is 16.1 Å². The normalized spacial score (nSPS) is 23.6. The number of nitrogens with zero attached hydrogens (tertiary/aromatic N) is 1. The molecule has 0 radical (unpaired) electrons. The van der Waals surface area contributed by atoms with Crippen molar-refractivity contribution >= 4 is 5.91 Å². The lowest BCUT2D eigenvalue weighted by Gasteiger charge is -2.46. The first-order valence-electron chi connectivity index (χ1n) is 6.07.